The van der Waals surface area contributed by atoms with Crippen molar-refractivity contribution >= 4 is 34.8 Å². The molecule has 0 aliphatic carbocycles. The molecule has 0 aliphatic rings. The second kappa shape index (κ2) is 11.4. The van der Waals surface area contributed by atoms with Gasteiger partial charge in [0.1, 0.15) is 11.5 Å². The van der Waals surface area contributed by atoms with Gasteiger partial charge in [0, 0.05) is 5.56 Å². The molecule has 0 aromatic heterocycles. The smallest absolute Gasteiger partial charge is 0.344 e. The largest absolute Gasteiger partial charge is 0.497 e. The first-order valence-corrected chi connectivity index (χ1v) is 11.1. The Morgan fingerprint density at radius 2 is 1.53 bits per heavy atom. The number of carbonyl (C=O) groups is 3. The van der Waals surface area contributed by atoms with Crippen molar-refractivity contribution in [3.8, 4) is 11.5 Å². The van der Waals surface area contributed by atoms with Crippen LogP contribution in [0.3, 0.4) is 0 Å². The number of rotatable bonds is 8. The third kappa shape index (κ3) is 6.12. The van der Waals surface area contributed by atoms with Crippen LogP contribution in [-0.2, 0) is 4.79 Å². The van der Waals surface area contributed by atoms with Crippen LogP contribution >= 0.6 is 0 Å². The molecule has 4 aromatic carbocycles. The zero-order chi connectivity index (χ0) is 25.3. The molecule has 2 amide bonds. The molecule has 0 radical (unpaired) electrons. The molecule has 0 saturated heterocycles. The zero-order valence-electron chi connectivity index (χ0n) is 19.4. The number of hydrazone groups is 1. The fraction of sp³-hybridized carbons (Fsp3) is 0.0714. The van der Waals surface area contributed by atoms with Crippen LogP contribution in [-0.4, -0.2) is 37.7 Å². The fourth-order valence-electron chi connectivity index (χ4n) is 3.41. The van der Waals surface area contributed by atoms with E-state index in [4.69, 9.17) is 9.47 Å². The van der Waals surface area contributed by atoms with Crippen LogP contribution in [0.1, 0.15) is 26.3 Å². The van der Waals surface area contributed by atoms with E-state index in [-0.39, 0.29) is 12.5 Å². The zero-order valence-corrected chi connectivity index (χ0v) is 19.4. The van der Waals surface area contributed by atoms with Crippen LogP contribution in [0, 0.1) is 0 Å². The summed E-state index contributed by atoms with van der Waals surface area (Å²) in [7, 11) is 1.54. The molecule has 0 atom stereocenters. The number of nitrogens with zero attached hydrogens (tertiary/aromatic N) is 1. The van der Waals surface area contributed by atoms with Crippen molar-refractivity contribution in [2.75, 3.05) is 13.7 Å². The Hall–Kier alpha value is -4.98. The minimum atomic E-state index is -0.478. The Labute approximate surface area is 207 Å². The van der Waals surface area contributed by atoms with Crippen LogP contribution in [0.15, 0.2) is 96.1 Å². The van der Waals surface area contributed by atoms with E-state index in [1.807, 2.05) is 36.4 Å². The molecule has 180 valence electrons. The molecule has 2 N–H and O–H groups in total. The van der Waals surface area contributed by atoms with Gasteiger partial charge in [-0.2, -0.15) is 5.10 Å². The van der Waals surface area contributed by atoms with Crippen LogP contribution in [0.5, 0.6) is 11.5 Å². The van der Waals surface area contributed by atoms with Gasteiger partial charge in [0.05, 0.1) is 25.4 Å². The first-order chi connectivity index (χ1) is 17.5. The molecule has 36 heavy (non-hydrogen) atoms. The standard InChI is InChI=1S/C28H23N3O5/c1-35-22-15-11-21(12-16-22)27(33)29-18-26(32)31-30-17-19-9-13-23(14-10-19)36-28(34)25-8-4-6-20-5-2-3-7-24(20)25/h2-17H,18H2,1H3,(H,29,33)(H,31,32)/b30-17+. The predicted octanol–water partition coefficient (Wildman–Crippen LogP) is 3.95. The van der Waals surface area contributed by atoms with Gasteiger partial charge in [-0.05, 0) is 70.9 Å². The molecule has 4 aromatic rings. The number of ether oxygens (including phenoxy) is 2. The van der Waals surface area contributed by atoms with E-state index in [0.717, 1.165) is 10.8 Å². The van der Waals surface area contributed by atoms with Crippen LogP contribution in [0.2, 0.25) is 0 Å². The van der Waals surface area contributed by atoms with E-state index in [9.17, 15) is 14.4 Å². The Morgan fingerprint density at radius 3 is 2.28 bits per heavy atom. The number of benzene rings is 4. The number of fused-ring (bicyclic) bond motifs is 1. The second-order valence-electron chi connectivity index (χ2n) is 7.69. The number of esters is 1. The topological polar surface area (TPSA) is 106 Å². The molecule has 0 aliphatic heterocycles. The third-order valence-electron chi connectivity index (χ3n) is 5.26. The van der Waals surface area contributed by atoms with Crippen molar-refractivity contribution in [1.29, 1.82) is 0 Å². The van der Waals surface area contributed by atoms with Crippen molar-refractivity contribution in [2.24, 2.45) is 5.10 Å². The number of methoxy groups -OCH3 is 1. The Kier molecular flexibility index (Phi) is 7.67. The van der Waals surface area contributed by atoms with Crippen molar-refractivity contribution in [3.63, 3.8) is 0 Å². The molecular weight excluding hydrogens is 458 g/mol. The molecule has 0 heterocycles. The fourth-order valence-corrected chi connectivity index (χ4v) is 3.41. The minimum Gasteiger partial charge on any atom is -0.497 e. The second-order valence-corrected chi connectivity index (χ2v) is 7.69. The van der Waals surface area contributed by atoms with E-state index in [1.165, 1.54) is 13.3 Å². The molecule has 4 rings (SSSR count). The van der Waals surface area contributed by atoms with Gasteiger partial charge in [0.15, 0.2) is 0 Å². The van der Waals surface area contributed by atoms with Crippen LogP contribution in [0.25, 0.3) is 10.8 Å². The normalized spacial score (nSPS) is 10.7. The van der Waals surface area contributed by atoms with Gasteiger partial charge >= 0.3 is 5.97 Å². The monoisotopic (exact) mass is 481 g/mol. The summed E-state index contributed by atoms with van der Waals surface area (Å²) in [5, 5.41) is 8.19. The average molecular weight is 482 g/mol. The first-order valence-electron chi connectivity index (χ1n) is 11.1. The van der Waals surface area contributed by atoms with E-state index < -0.39 is 11.9 Å². The van der Waals surface area contributed by atoms with Gasteiger partial charge in [-0.15, -0.1) is 0 Å². The van der Waals surface area contributed by atoms with E-state index in [2.05, 4.69) is 15.8 Å². The molecular formula is C28H23N3O5. The third-order valence-corrected chi connectivity index (χ3v) is 5.26. The molecule has 0 unspecified atom stereocenters. The molecule has 8 nitrogen and oxygen atoms in total. The summed E-state index contributed by atoms with van der Waals surface area (Å²) in [4.78, 5) is 36.7. The van der Waals surface area contributed by atoms with Crippen molar-refractivity contribution in [1.82, 2.24) is 10.7 Å². The number of amides is 2. The average Bonchev–Trinajstić information content (AvgIpc) is 2.92. The van der Waals surface area contributed by atoms with E-state index in [0.29, 0.717) is 28.2 Å². The van der Waals surface area contributed by atoms with E-state index >= 15 is 0 Å². The Bertz CT molecular complexity index is 1410. The summed E-state index contributed by atoms with van der Waals surface area (Å²) in [6.45, 7) is -0.231. The summed E-state index contributed by atoms with van der Waals surface area (Å²) >= 11 is 0. The molecule has 0 saturated carbocycles. The molecule has 0 spiro atoms. The number of nitrogens with one attached hydrogen (secondary N) is 2. The van der Waals surface area contributed by atoms with Gasteiger partial charge in [-0.3, -0.25) is 9.59 Å². The Morgan fingerprint density at radius 1 is 0.833 bits per heavy atom. The molecule has 0 fully saturated rings. The lowest BCUT2D eigenvalue weighted by molar-refractivity contribution is -0.120. The lowest BCUT2D eigenvalue weighted by Crippen LogP contribution is -2.34. The van der Waals surface area contributed by atoms with Crippen molar-refractivity contribution in [3.05, 3.63) is 108 Å². The summed E-state index contributed by atoms with van der Waals surface area (Å²) in [6.07, 6.45) is 1.44. The number of hydrogen-bond donors (Lipinski definition) is 2. The highest BCUT2D eigenvalue weighted by molar-refractivity contribution is 6.05. The maximum Gasteiger partial charge on any atom is 0.344 e. The Balaban J connectivity index is 1.26. The van der Waals surface area contributed by atoms with Gasteiger partial charge in [0.2, 0.25) is 0 Å². The SMILES string of the molecule is COc1ccc(C(=O)NCC(=O)N/N=C/c2ccc(OC(=O)c3cccc4ccccc34)cc2)cc1. The minimum absolute atomic E-state index is 0.231. The summed E-state index contributed by atoms with van der Waals surface area (Å²) in [5.41, 5.74) is 3.93. The van der Waals surface area contributed by atoms with Gasteiger partial charge in [0.25, 0.3) is 11.8 Å². The maximum absolute atomic E-state index is 12.7. The lowest BCUT2D eigenvalue weighted by Gasteiger charge is -2.07. The lowest BCUT2D eigenvalue weighted by atomic mass is 10.0. The van der Waals surface area contributed by atoms with Crippen molar-refractivity contribution in [2.45, 2.75) is 0 Å². The van der Waals surface area contributed by atoms with E-state index in [1.54, 1.807) is 54.6 Å². The number of hydrogen-bond acceptors (Lipinski definition) is 6. The highest BCUT2D eigenvalue weighted by Crippen LogP contribution is 2.21. The van der Waals surface area contributed by atoms with Gasteiger partial charge < -0.3 is 14.8 Å². The van der Waals surface area contributed by atoms with Gasteiger partial charge in [-0.1, -0.05) is 36.4 Å². The predicted molar refractivity (Wildman–Crippen MR) is 136 cm³/mol. The molecule has 8 heteroatoms. The maximum atomic E-state index is 12.7. The van der Waals surface area contributed by atoms with Crippen LogP contribution < -0.4 is 20.2 Å². The highest BCUT2D eigenvalue weighted by Gasteiger charge is 2.12. The summed E-state index contributed by atoms with van der Waals surface area (Å²) in [6, 6.07) is 26.3. The van der Waals surface area contributed by atoms with Crippen LogP contribution in [0.4, 0.5) is 0 Å². The summed E-state index contributed by atoms with van der Waals surface area (Å²) < 4.78 is 10.6. The molecule has 0 bridgehead atoms. The van der Waals surface area contributed by atoms with Gasteiger partial charge in [-0.25, -0.2) is 10.2 Å². The highest BCUT2D eigenvalue weighted by atomic mass is 16.5. The quantitative estimate of drug-likeness (QED) is 0.172. The van der Waals surface area contributed by atoms with Crippen molar-refractivity contribution < 1.29 is 23.9 Å². The summed E-state index contributed by atoms with van der Waals surface area (Å²) in [5.74, 6) is -0.290. The number of carbonyl (C=O) groups excluding carboxylic acids is 3. The first kappa shape index (κ1) is 24.2.